The van der Waals surface area contributed by atoms with E-state index in [-0.39, 0.29) is 5.97 Å². The SMILES string of the molecule is CCOC(=O)c1cnc(-n2cnc(C)c2)s1. The molecular formula is C10H11N3O2S. The van der Waals surface area contributed by atoms with Crippen LogP contribution in [-0.4, -0.2) is 27.1 Å². The molecule has 2 rings (SSSR count). The molecule has 0 saturated heterocycles. The molecule has 84 valence electrons. The molecule has 0 radical (unpaired) electrons. The maximum absolute atomic E-state index is 11.4. The number of imidazole rings is 1. The molecular weight excluding hydrogens is 226 g/mol. The lowest BCUT2D eigenvalue weighted by Gasteiger charge is -1.96. The number of carbonyl (C=O) groups excluding carboxylic acids is 1. The van der Waals surface area contributed by atoms with Gasteiger partial charge in [-0.2, -0.15) is 0 Å². The Hall–Kier alpha value is -1.69. The summed E-state index contributed by atoms with van der Waals surface area (Å²) in [6.45, 7) is 4.05. The summed E-state index contributed by atoms with van der Waals surface area (Å²) >= 11 is 1.28. The first-order valence-corrected chi connectivity index (χ1v) is 5.66. The van der Waals surface area contributed by atoms with Crippen molar-refractivity contribution in [2.75, 3.05) is 6.61 Å². The number of aryl methyl sites for hydroxylation is 1. The van der Waals surface area contributed by atoms with Gasteiger partial charge in [0.2, 0.25) is 0 Å². The molecule has 0 aliphatic carbocycles. The zero-order valence-corrected chi connectivity index (χ0v) is 9.82. The summed E-state index contributed by atoms with van der Waals surface area (Å²) in [5, 5.41) is 0.712. The number of carbonyl (C=O) groups is 1. The Labute approximate surface area is 96.7 Å². The van der Waals surface area contributed by atoms with Crippen molar-refractivity contribution < 1.29 is 9.53 Å². The van der Waals surface area contributed by atoms with Gasteiger partial charge >= 0.3 is 5.97 Å². The summed E-state index contributed by atoms with van der Waals surface area (Å²) < 4.78 is 6.67. The fourth-order valence-corrected chi connectivity index (χ4v) is 1.96. The van der Waals surface area contributed by atoms with E-state index in [1.165, 1.54) is 17.5 Å². The summed E-state index contributed by atoms with van der Waals surface area (Å²) in [5.74, 6) is -0.330. The zero-order valence-electron chi connectivity index (χ0n) is 9.01. The van der Waals surface area contributed by atoms with Crippen molar-refractivity contribution in [3.05, 3.63) is 29.3 Å². The largest absolute Gasteiger partial charge is 0.462 e. The van der Waals surface area contributed by atoms with Crippen LogP contribution in [0.15, 0.2) is 18.7 Å². The Balaban J connectivity index is 2.22. The van der Waals surface area contributed by atoms with Crippen molar-refractivity contribution in [3.8, 4) is 5.13 Å². The predicted octanol–water partition coefficient (Wildman–Crippen LogP) is 1.81. The van der Waals surface area contributed by atoms with Gasteiger partial charge < -0.3 is 4.74 Å². The molecule has 16 heavy (non-hydrogen) atoms. The number of thiazole rings is 1. The van der Waals surface area contributed by atoms with Crippen LogP contribution in [0.2, 0.25) is 0 Å². The molecule has 2 aromatic heterocycles. The Morgan fingerprint density at radius 3 is 3.00 bits per heavy atom. The normalized spacial score (nSPS) is 10.4. The molecule has 0 atom stereocenters. The first-order chi connectivity index (χ1) is 7.70. The van der Waals surface area contributed by atoms with Crippen LogP contribution in [0.3, 0.4) is 0 Å². The van der Waals surface area contributed by atoms with Crippen LogP contribution >= 0.6 is 11.3 Å². The van der Waals surface area contributed by atoms with Gasteiger partial charge in [-0.25, -0.2) is 14.8 Å². The van der Waals surface area contributed by atoms with Gasteiger partial charge in [0.1, 0.15) is 11.2 Å². The number of nitrogens with zero attached hydrogens (tertiary/aromatic N) is 3. The Morgan fingerprint density at radius 2 is 2.38 bits per heavy atom. The van der Waals surface area contributed by atoms with Crippen molar-refractivity contribution in [3.63, 3.8) is 0 Å². The minimum absolute atomic E-state index is 0.330. The minimum atomic E-state index is -0.330. The quantitative estimate of drug-likeness (QED) is 0.764. The van der Waals surface area contributed by atoms with Gasteiger partial charge in [0.15, 0.2) is 5.13 Å². The van der Waals surface area contributed by atoms with Crippen LogP contribution < -0.4 is 0 Å². The fourth-order valence-electron chi connectivity index (χ4n) is 1.21. The third-order valence-corrected chi connectivity index (χ3v) is 2.89. The van der Waals surface area contributed by atoms with Crippen LogP contribution in [0, 0.1) is 6.92 Å². The average molecular weight is 237 g/mol. The highest BCUT2D eigenvalue weighted by molar-refractivity contribution is 7.15. The van der Waals surface area contributed by atoms with Gasteiger partial charge in [-0.15, -0.1) is 0 Å². The highest BCUT2D eigenvalue weighted by atomic mass is 32.1. The van der Waals surface area contributed by atoms with Crippen molar-refractivity contribution in [1.29, 1.82) is 0 Å². The van der Waals surface area contributed by atoms with E-state index in [1.54, 1.807) is 17.8 Å². The molecule has 0 amide bonds. The highest BCUT2D eigenvalue weighted by Gasteiger charge is 2.12. The Kier molecular flexibility index (Phi) is 3.00. The fraction of sp³-hybridized carbons (Fsp3) is 0.300. The lowest BCUT2D eigenvalue weighted by atomic mass is 10.6. The summed E-state index contributed by atoms with van der Waals surface area (Å²) in [6, 6.07) is 0. The van der Waals surface area contributed by atoms with Crippen molar-refractivity contribution in [2.24, 2.45) is 0 Å². The van der Waals surface area contributed by atoms with Crippen molar-refractivity contribution in [1.82, 2.24) is 14.5 Å². The first kappa shape index (κ1) is 10.8. The van der Waals surface area contributed by atoms with E-state index >= 15 is 0 Å². The van der Waals surface area contributed by atoms with E-state index in [0.717, 1.165) is 5.69 Å². The zero-order chi connectivity index (χ0) is 11.5. The molecule has 0 N–H and O–H groups in total. The van der Waals surface area contributed by atoms with E-state index in [4.69, 9.17) is 4.74 Å². The third-order valence-electron chi connectivity index (χ3n) is 1.90. The van der Waals surface area contributed by atoms with Crippen LogP contribution in [-0.2, 0) is 4.74 Å². The number of esters is 1. The Bertz CT molecular complexity index is 504. The second-order valence-corrected chi connectivity index (χ2v) is 4.16. The van der Waals surface area contributed by atoms with Crippen LogP contribution in [0.25, 0.3) is 5.13 Å². The van der Waals surface area contributed by atoms with Crippen LogP contribution in [0.1, 0.15) is 22.3 Å². The molecule has 5 nitrogen and oxygen atoms in total. The van der Waals surface area contributed by atoms with Gasteiger partial charge in [-0.3, -0.25) is 4.57 Å². The maximum atomic E-state index is 11.4. The Morgan fingerprint density at radius 1 is 1.56 bits per heavy atom. The summed E-state index contributed by atoms with van der Waals surface area (Å²) in [6.07, 6.45) is 5.05. The molecule has 0 unspecified atom stereocenters. The molecule has 6 heteroatoms. The van der Waals surface area contributed by atoms with E-state index < -0.39 is 0 Å². The average Bonchev–Trinajstić information content (AvgIpc) is 2.85. The monoisotopic (exact) mass is 237 g/mol. The summed E-state index contributed by atoms with van der Waals surface area (Å²) in [4.78, 5) is 20.2. The van der Waals surface area contributed by atoms with Gasteiger partial charge in [-0.05, 0) is 13.8 Å². The number of hydrogen-bond acceptors (Lipinski definition) is 5. The predicted molar refractivity (Wildman–Crippen MR) is 59.9 cm³/mol. The van der Waals surface area contributed by atoms with Crippen molar-refractivity contribution >= 4 is 17.3 Å². The van der Waals surface area contributed by atoms with Crippen LogP contribution in [0.4, 0.5) is 0 Å². The maximum Gasteiger partial charge on any atom is 0.350 e. The van der Waals surface area contributed by atoms with Gasteiger partial charge in [0.25, 0.3) is 0 Å². The number of aromatic nitrogens is 3. The molecule has 0 spiro atoms. The molecule has 2 heterocycles. The second kappa shape index (κ2) is 4.44. The molecule has 0 fully saturated rings. The molecule has 2 aromatic rings. The molecule has 0 aliphatic heterocycles. The number of ether oxygens (including phenoxy) is 1. The minimum Gasteiger partial charge on any atom is -0.462 e. The molecule has 0 aromatic carbocycles. The number of hydrogen-bond donors (Lipinski definition) is 0. The molecule has 0 aliphatic rings. The molecule has 0 saturated carbocycles. The van der Waals surface area contributed by atoms with E-state index in [2.05, 4.69) is 9.97 Å². The number of rotatable bonds is 3. The summed E-state index contributed by atoms with van der Waals surface area (Å²) in [7, 11) is 0. The first-order valence-electron chi connectivity index (χ1n) is 4.84. The lowest BCUT2D eigenvalue weighted by molar-refractivity contribution is 0.0532. The smallest absolute Gasteiger partial charge is 0.350 e. The van der Waals surface area contributed by atoms with E-state index in [0.29, 0.717) is 16.6 Å². The standard InChI is InChI=1S/C10H11N3O2S/c1-3-15-9(14)8-4-11-10(16-8)13-5-7(2)12-6-13/h4-6H,3H2,1-2H3. The highest BCUT2D eigenvalue weighted by Crippen LogP contribution is 2.18. The van der Waals surface area contributed by atoms with E-state index in [1.807, 2.05) is 13.1 Å². The molecule has 0 bridgehead atoms. The van der Waals surface area contributed by atoms with E-state index in [9.17, 15) is 4.79 Å². The van der Waals surface area contributed by atoms with Crippen LogP contribution in [0.5, 0.6) is 0 Å². The topological polar surface area (TPSA) is 57.0 Å². The van der Waals surface area contributed by atoms with Crippen molar-refractivity contribution in [2.45, 2.75) is 13.8 Å². The van der Waals surface area contributed by atoms with Gasteiger partial charge in [0, 0.05) is 6.20 Å². The summed E-state index contributed by atoms with van der Waals surface area (Å²) in [5.41, 5.74) is 0.910. The second-order valence-electron chi connectivity index (χ2n) is 3.15. The van der Waals surface area contributed by atoms with Gasteiger partial charge in [-0.1, -0.05) is 11.3 Å². The lowest BCUT2D eigenvalue weighted by Crippen LogP contribution is -2.01. The third kappa shape index (κ3) is 2.11. The van der Waals surface area contributed by atoms with Gasteiger partial charge in [0.05, 0.1) is 18.5 Å².